The molecule has 92 valence electrons. The van der Waals surface area contributed by atoms with Crippen molar-refractivity contribution in [2.45, 2.75) is 25.8 Å². The molecule has 0 aliphatic rings. The van der Waals surface area contributed by atoms with Gasteiger partial charge in [-0.25, -0.2) is 4.39 Å². The van der Waals surface area contributed by atoms with Gasteiger partial charge in [-0.05, 0) is 26.5 Å². The normalized spacial score (nSPS) is 11.9. The lowest BCUT2D eigenvalue weighted by Gasteiger charge is -2.13. The molecule has 2 nitrogen and oxygen atoms in total. The van der Waals surface area contributed by atoms with E-state index in [1.54, 1.807) is 19.2 Å². The number of benzene rings is 1. The molecule has 1 unspecified atom stereocenters. The lowest BCUT2D eigenvalue weighted by atomic mass is 10.1. The van der Waals surface area contributed by atoms with Crippen LogP contribution in [0.15, 0.2) is 18.2 Å². The van der Waals surface area contributed by atoms with Crippen LogP contribution in [0.5, 0.6) is 5.75 Å². The Bertz CT molecular complexity index is 398. The molecule has 1 atom stereocenters. The van der Waals surface area contributed by atoms with Crippen molar-refractivity contribution in [1.82, 2.24) is 5.32 Å². The fraction of sp³-hybridized carbons (Fsp3) is 0.429. The lowest BCUT2D eigenvalue weighted by Crippen LogP contribution is -2.13. The van der Waals surface area contributed by atoms with Crippen molar-refractivity contribution in [3.05, 3.63) is 29.6 Å². The first-order valence-electron chi connectivity index (χ1n) is 5.72. The maximum absolute atomic E-state index is 13.7. The number of rotatable bonds is 6. The van der Waals surface area contributed by atoms with Crippen molar-refractivity contribution >= 4 is 0 Å². The molecule has 0 spiro atoms. The predicted octanol–water partition coefficient (Wildman–Crippen LogP) is 2.90. The van der Waals surface area contributed by atoms with Gasteiger partial charge in [0.1, 0.15) is 11.6 Å². The summed E-state index contributed by atoms with van der Waals surface area (Å²) in [5.41, 5.74) is 0.642. The number of hydrogen-bond acceptors (Lipinski definition) is 2. The first-order chi connectivity index (χ1) is 8.19. The Balaban J connectivity index is 2.60. The summed E-state index contributed by atoms with van der Waals surface area (Å²) in [4.78, 5) is 0. The van der Waals surface area contributed by atoms with Crippen LogP contribution in [0.2, 0.25) is 0 Å². The Morgan fingerprint density at radius 2 is 2.29 bits per heavy atom. The maximum Gasteiger partial charge on any atom is 0.131 e. The number of hydrogen-bond donors (Lipinski definition) is 1. The highest BCUT2D eigenvalue weighted by Gasteiger charge is 2.09. The standard InChI is InChI=1S/C14H18FNO/c1-4-5-6-9-17-12-7-8-13(11(2)16-3)14(15)10-12/h1,7-8,10-11,16H,5-6,9H2,2-3H3. The van der Waals surface area contributed by atoms with Crippen LogP contribution in [0.3, 0.4) is 0 Å². The molecule has 0 bridgehead atoms. The van der Waals surface area contributed by atoms with E-state index < -0.39 is 0 Å². The number of ether oxygens (including phenoxy) is 1. The quantitative estimate of drug-likeness (QED) is 0.604. The van der Waals surface area contributed by atoms with Gasteiger partial charge in [0.25, 0.3) is 0 Å². The molecule has 0 amide bonds. The van der Waals surface area contributed by atoms with Gasteiger partial charge in [0.15, 0.2) is 0 Å². The van der Waals surface area contributed by atoms with Crippen LogP contribution in [0, 0.1) is 18.2 Å². The molecule has 1 rings (SSSR count). The molecule has 0 saturated carbocycles. The zero-order valence-electron chi connectivity index (χ0n) is 10.3. The molecule has 0 saturated heterocycles. The van der Waals surface area contributed by atoms with E-state index in [1.165, 1.54) is 6.07 Å². The average molecular weight is 235 g/mol. The van der Waals surface area contributed by atoms with Crippen LogP contribution in [0.1, 0.15) is 31.4 Å². The molecule has 17 heavy (non-hydrogen) atoms. The Kier molecular flexibility index (Phi) is 5.51. The van der Waals surface area contributed by atoms with Gasteiger partial charge < -0.3 is 10.1 Å². The van der Waals surface area contributed by atoms with Crippen molar-refractivity contribution in [2.24, 2.45) is 0 Å². The van der Waals surface area contributed by atoms with Gasteiger partial charge in [0.05, 0.1) is 6.61 Å². The van der Waals surface area contributed by atoms with Crippen LogP contribution < -0.4 is 10.1 Å². The Morgan fingerprint density at radius 1 is 1.53 bits per heavy atom. The first-order valence-corrected chi connectivity index (χ1v) is 5.72. The topological polar surface area (TPSA) is 21.3 Å². The second-order valence-corrected chi connectivity index (χ2v) is 3.85. The van der Waals surface area contributed by atoms with Crippen molar-refractivity contribution in [3.63, 3.8) is 0 Å². The summed E-state index contributed by atoms with van der Waals surface area (Å²) in [5.74, 6) is 2.83. The third-order valence-corrected chi connectivity index (χ3v) is 2.61. The molecule has 1 aromatic carbocycles. The molecule has 0 aromatic heterocycles. The van der Waals surface area contributed by atoms with Gasteiger partial charge in [-0.3, -0.25) is 0 Å². The van der Waals surface area contributed by atoms with Crippen molar-refractivity contribution in [3.8, 4) is 18.1 Å². The van der Waals surface area contributed by atoms with Gasteiger partial charge >= 0.3 is 0 Å². The van der Waals surface area contributed by atoms with Crippen molar-refractivity contribution in [1.29, 1.82) is 0 Å². The summed E-state index contributed by atoms with van der Waals surface area (Å²) < 4.78 is 19.1. The average Bonchev–Trinajstić information content (AvgIpc) is 2.34. The third-order valence-electron chi connectivity index (χ3n) is 2.61. The van der Waals surface area contributed by atoms with Crippen molar-refractivity contribution < 1.29 is 9.13 Å². The molecule has 1 aromatic rings. The fourth-order valence-electron chi connectivity index (χ4n) is 1.47. The Morgan fingerprint density at radius 3 is 2.88 bits per heavy atom. The van der Waals surface area contributed by atoms with Crippen LogP contribution in [-0.2, 0) is 0 Å². The zero-order chi connectivity index (χ0) is 12.7. The molecule has 0 aliphatic heterocycles. The number of terminal acetylenes is 1. The van der Waals surface area contributed by atoms with E-state index >= 15 is 0 Å². The molecule has 0 aliphatic carbocycles. The van der Waals surface area contributed by atoms with Gasteiger partial charge in [-0.2, -0.15) is 0 Å². The minimum atomic E-state index is -0.249. The van der Waals surface area contributed by atoms with E-state index in [0.29, 0.717) is 24.3 Å². The maximum atomic E-state index is 13.7. The second-order valence-electron chi connectivity index (χ2n) is 3.85. The number of unbranched alkanes of at least 4 members (excludes halogenated alkanes) is 1. The summed E-state index contributed by atoms with van der Waals surface area (Å²) in [7, 11) is 1.80. The third kappa shape index (κ3) is 4.08. The second kappa shape index (κ2) is 6.93. The largest absolute Gasteiger partial charge is 0.493 e. The zero-order valence-corrected chi connectivity index (χ0v) is 10.3. The van der Waals surface area contributed by atoms with E-state index in [4.69, 9.17) is 11.2 Å². The number of halogens is 1. The van der Waals surface area contributed by atoms with Crippen LogP contribution in [-0.4, -0.2) is 13.7 Å². The summed E-state index contributed by atoms with van der Waals surface area (Å²) in [6.45, 7) is 2.43. The van der Waals surface area contributed by atoms with Gasteiger partial charge in [-0.15, -0.1) is 12.3 Å². The fourth-order valence-corrected chi connectivity index (χ4v) is 1.47. The molecular formula is C14H18FNO. The van der Waals surface area contributed by atoms with E-state index in [0.717, 1.165) is 6.42 Å². The highest BCUT2D eigenvalue weighted by Crippen LogP contribution is 2.21. The van der Waals surface area contributed by atoms with E-state index in [-0.39, 0.29) is 11.9 Å². The van der Waals surface area contributed by atoms with Crippen molar-refractivity contribution in [2.75, 3.05) is 13.7 Å². The molecule has 0 fully saturated rings. The molecule has 0 heterocycles. The van der Waals surface area contributed by atoms with E-state index in [2.05, 4.69) is 11.2 Å². The highest BCUT2D eigenvalue weighted by molar-refractivity contribution is 5.30. The van der Waals surface area contributed by atoms with Crippen LogP contribution >= 0.6 is 0 Å². The van der Waals surface area contributed by atoms with Crippen LogP contribution in [0.4, 0.5) is 4.39 Å². The van der Waals surface area contributed by atoms with E-state index in [1.807, 2.05) is 6.92 Å². The van der Waals surface area contributed by atoms with E-state index in [9.17, 15) is 4.39 Å². The summed E-state index contributed by atoms with van der Waals surface area (Å²) in [5, 5.41) is 3.00. The smallest absolute Gasteiger partial charge is 0.131 e. The predicted molar refractivity (Wildman–Crippen MR) is 67.4 cm³/mol. The minimum absolute atomic E-state index is 0.00881. The summed E-state index contributed by atoms with van der Waals surface area (Å²) in [6.07, 6.45) is 6.59. The summed E-state index contributed by atoms with van der Waals surface area (Å²) >= 11 is 0. The van der Waals surface area contributed by atoms with Gasteiger partial charge in [0, 0.05) is 24.1 Å². The summed E-state index contributed by atoms with van der Waals surface area (Å²) in [6, 6.07) is 4.93. The molecule has 3 heteroatoms. The minimum Gasteiger partial charge on any atom is -0.493 e. The molecule has 1 N–H and O–H groups in total. The number of nitrogens with one attached hydrogen (secondary N) is 1. The van der Waals surface area contributed by atoms with Crippen LogP contribution in [0.25, 0.3) is 0 Å². The Labute approximate surface area is 102 Å². The van der Waals surface area contributed by atoms with Gasteiger partial charge in [0.2, 0.25) is 0 Å². The highest BCUT2D eigenvalue weighted by atomic mass is 19.1. The Hall–Kier alpha value is -1.53. The molecular weight excluding hydrogens is 217 g/mol. The van der Waals surface area contributed by atoms with Gasteiger partial charge in [-0.1, -0.05) is 6.07 Å². The SMILES string of the molecule is C#CCCCOc1ccc(C(C)NC)c(F)c1. The lowest BCUT2D eigenvalue weighted by molar-refractivity contribution is 0.311. The first kappa shape index (κ1) is 13.5. The monoisotopic (exact) mass is 235 g/mol. The molecule has 0 radical (unpaired) electrons.